The van der Waals surface area contributed by atoms with Gasteiger partial charge in [0.15, 0.2) is 0 Å². The Kier molecular flexibility index (Phi) is 5.47. The summed E-state index contributed by atoms with van der Waals surface area (Å²) in [5, 5.41) is 4.19. The summed E-state index contributed by atoms with van der Waals surface area (Å²) >= 11 is 5.63. The first kappa shape index (κ1) is 13.8. The van der Waals surface area contributed by atoms with Gasteiger partial charge in [-0.2, -0.15) is 5.10 Å². The Balaban J connectivity index is 1.64. The molecule has 0 aromatic carbocycles. The van der Waals surface area contributed by atoms with Crippen LogP contribution in [0.15, 0.2) is 12.4 Å². The normalized spacial score (nSPS) is 18.3. The van der Waals surface area contributed by atoms with Gasteiger partial charge in [0, 0.05) is 38.8 Å². The fourth-order valence-electron chi connectivity index (χ4n) is 2.40. The number of hydrogen-bond acceptors (Lipinski definition) is 3. The van der Waals surface area contributed by atoms with Crippen molar-refractivity contribution >= 4 is 11.6 Å². The summed E-state index contributed by atoms with van der Waals surface area (Å²) in [7, 11) is 1.96. The summed E-state index contributed by atoms with van der Waals surface area (Å²) in [5.41, 5.74) is 1.32. The van der Waals surface area contributed by atoms with Crippen LogP contribution in [-0.4, -0.2) is 52.9 Å². The van der Waals surface area contributed by atoms with Crippen LogP contribution in [0.1, 0.15) is 18.4 Å². The van der Waals surface area contributed by atoms with Gasteiger partial charge in [-0.1, -0.05) is 0 Å². The van der Waals surface area contributed by atoms with Gasteiger partial charge in [0.05, 0.1) is 18.9 Å². The van der Waals surface area contributed by atoms with Crippen LogP contribution in [0.5, 0.6) is 0 Å². The lowest BCUT2D eigenvalue weighted by Crippen LogP contribution is -2.38. The average molecular weight is 272 g/mol. The second kappa shape index (κ2) is 7.12. The maximum absolute atomic E-state index is 5.67. The molecule has 0 bridgehead atoms. The lowest BCUT2D eigenvalue weighted by molar-refractivity contribution is 0.0155. The molecule has 18 heavy (non-hydrogen) atoms. The minimum absolute atomic E-state index is 0.415. The standard InChI is InChI=1S/C13H22ClN3O/c1-16-11-12(10-15-16)2-6-17-7-3-13(4-8-17)18-9-5-14/h10-11,13H,2-9H2,1H3. The van der Waals surface area contributed by atoms with Crippen molar-refractivity contribution in [3.63, 3.8) is 0 Å². The van der Waals surface area contributed by atoms with Gasteiger partial charge < -0.3 is 9.64 Å². The fraction of sp³-hybridized carbons (Fsp3) is 0.769. The van der Waals surface area contributed by atoms with Crippen molar-refractivity contribution in [1.82, 2.24) is 14.7 Å². The largest absolute Gasteiger partial charge is 0.377 e. The van der Waals surface area contributed by atoms with E-state index in [1.165, 1.54) is 5.56 Å². The van der Waals surface area contributed by atoms with Gasteiger partial charge in [-0.25, -0.2) is 0 Å². The third-order valence-corrected chi connectivity index (χ3v) is 3.59. The Labute approximate surface area is 114 Å². The molecular formula is C13H22ClN3O. The first-order valence-electron chi connectivity index (χ1n) is 6.65. The molecule has 102 valence electrons. The second-order valence-corrected chi connectivity index (χ2v) is 5.25. The first-order valence-corrected chi connectivity index (χ1v) is 7.19. The zero-order chi connectivity index (χ0) is 12.8. The number of halogens is 1. The van der Waals surface area contributed by atoms with Crippen molar-refractivity contribution in [1.29, 1.82) is 0 Å². The van der Waals surface area contributed by atoms with E-state index in [9.17, 15) is 0 Å². The highest BCUT2D eigenvalue weighted by atomic mass is 35.5. The Morgan fingerprint density at radius 1 is 1.44 bits per heavy atom. The molecule has 2 heterocycles. The van der Waals surface area contributed by atoms with Crippen molar-refractivity contribution in [2.45, 2.75) is 25.4 Å². The molecule has 1 aliphatic heterocycles. The van der Waals surface area contributed by atoms with E-state index in [-0.39, 0.29) is 0 Å². The Bertz CT molecular complexity index is 348. The average Bonchev–Trinajstić information content (AvgIpc) is 2.81. The lowest BCUT2D eigenvalue weighted by atomic mass is 10.1. The van der Waals surface area contributed by atoms with E-state index in [1.807, 2.05) is 17.9 Å². The number of ether oxygens (including phenoxy) is 1. The second-order valence-electron chi connectivity index (χ2n) is 4.87. The van der Waals surface area contributed by atoms with Crippen molar-refractivity contribution in [2.24, 2.45) is 7.05 Å². The Morgan fingerprint density at radius 3 is 2.83 bits per heavy atom. The molecule has 0 amide bonds. The SMILES string of the molecule is Cn1cc(CCN2CCC(OCCCl)CC2)cn1. The van der Waals surface area contributed by atoms with E-state index in [0.29, 0.717) is 18.6 Å². The van der Waals surface area contributed by atoms with Crippen LogP contribution >= 0.6 is 11.6 Å². The number of hydrogen-bond donors (Lipinski definition) is 0. The Morgan fingerprint density at radius 2 is 2.22 bits per heavy atom. The van der Waals surface area contributed by atoms with E-state index in [2.05, 4.69) is 16.2 Å². The number of likely N-dealkylation sites (tertiary alicyclic amines) is 1. The molecule has 4 nitrogen and oxygen atoms in total. The summed E-state index contributed by atoms with van der Waals surface area (Å²) in [4.78, 5) is 2.51. The minimum Gasteiger partial charge on any atom is -0.377 e. The fourth-order valence-corrected chi connectivity index (χ4v) is 2.49. The van der Waals surface area contributed by atoms with Crippen LogP contribution in [0.2, 0.25) is 0 Å². The van der Waals surface area contributed by atoms with E-state index in [4.69, 9.17) is 16.3 Å². The smallest absolute Gasteiger partial charge is 0.0605 e. The summed E-state index contributed by atoms with van der Waals surface area (Å²) in [6.45, 7) is 4.07. The molecule has 1 aromatic heterocycles. The molecule has 0 aliphatic carbocycles. The molecule has 0 unspecified atom stereocenters. The van der Waals surface area contributed by atoms with Crippen LogP contribution in [0, 0.1) is 0 Å². The van der Waals surface area contributed by atoms with Gasteiger partial charge in [0.2, 0.25) is 0 Å². The Hall–Kier alpha value is -0.580. The van der Waals surface area contributed by atoms with Gasteiger partial charge in [-0.05, 0) is 24.8 Å². The molecular weight excluding hydrogens is 250 g/mol. The first-order chi connectivity index (χ1) is 8.78. The van der Waals surface area contributed by atoms with Gasteiger partial charge in [0.25, 0.3) is 0 Å². The quantitative estimate of drug-likeness (QED) is 0.738. The van der Waals surface area contributed by atoms with E-state index < -0.39 is 0 Å². The number of alkyl halides is 1. The number of rotatable bonds is 6. The van der Waals surface area contributed by atoms with Gasteiger partial charge in [-0.3, -0.25) is 4.68 Å². The molecule has 1 aromatic rings. The molecule has 1 fully saturated rings. The van der Waals surface area contributed by atoms with Crippen molar-refractivity contribution in [3.8, 4) is 0 Å². The van der Waals surface area contributed by atoms with Crippen molar-refractivity contribution in [3.05, 3.63) is 18.0 Å². The van der Waals surface area contributed by atoms with E-state index in [1.54, 1.807) is 0 Å². The monoisotopic (exact) mass is 271 g/mol. The molecule has 5 heteroatoms. The third-order valence-electron chi connectivity index (χ3n) is 3.44. The van der Waals surface area contributed by atoms with Gasteiger partial charge in [-0.15, -0.1) is 11.6 Å². The molecule has 0 N–H and O–H groups in total. The summed E-state index contributed by atoms with van der Waals surface area (Å²) in [6, 6.07) is 0. The van der Waals surface area contributed by atoms with Gasteiger partial charge >= 0.3 is 0 Å². The third kappa shape index (κ3) is 4.26. The molecule has 2 rings (SSSR count). The maximum Gasteiger partial charge on any atom is 0.0605 e. The predicted octanol–water partition coefficient (Wildman–Crippen LogP) is 1.68. The van der Waals surface area contributed by atoms with E-state index in [0.717, 1.165) is 38.9 Å². The molecule has 0 spiro atoms. The van der Waals surface area contributed by atoms with Crippen LogP contribution in [0.4, 0.5) is 0 Å². The highest BCUT2D eigenvalue weighted by molar-refractivity contribution is 6.17. The topological polar surface area (TPSA) is 30.3 Å². The highest BCUT2D eigenvalue weighted by Crippen LogP contribution is 2.14. The minimum atomic E-state index is 0.415. The summed E-state index contributed by atoms with van der Waals surface area (Å²) in [6.07, 6.45) is 7.81. The highest BCUT2D eigenvalue weighted by Gasteiger charge is 2.19. The van der Waals surface area contributed by atoms with Crippen molar-refractivity contribution < 1.29 is 4.74 Å². The molecule has 1 saturated heterocycles. The predicted molar refractivity (Wildman–Crippen MR) is 73.0 cm³/mol. The molecule has 0 atom stereocenters. The van der Waals surface area contributed by atoms with Crippen LogP contribution in [0.25, 0.3) is 0 Å². The molecule has 0 radical (unpaired) electrons. The van der Waals surface area contributed by atoms with Crippen LogP contribution in [-0.2, 0) is 18.2 Å². The number of nitrogens with zero attached hydrogens (tertiary/aromatic N) is 3. The van der Waals surface area contributed by atoms with Crippen molar-refractivity contribution in [2.75, 3.05) is 32.1 Å². The maximum atomic E-state index is 5.67. The van der Waals surface area contributed by atoms with Crippen LogP contribution < -0.4 is 0 Å². The lowest BCUT2D eigenvalue weighted by Gasteiger charge is -2.31. The van der Waals surface area contributed by atoms with Gasteiger partial charge in [0.1, 0.15) is 0 Å². The van der Waals surface area contributed by atoms with E-state index >= 15 is 0 Å². The van der Waals surface area contributed by atoms with Crippen LogP contribution in [0.3, 0.4) is 0 Å². The summed E-state index contributed by atoms with van der Waals surface area (Å²) in [5.74, 6) is 0.598. The summed E-state index contributed by atoms with van der Waals surface area (Å²) < 4.78 is 7.54. The zero-order valence-corrected chi connectivity index (χ0v) is 11.8. The number of aromatic nitrogens is 2. The molecule has 0 saturated carbocycles. The number of piperidine rings is 1. The number of aryl methyl sites for hydroxylation is 1. The zero-order valence-electron chi connectivity index (χ0n) is 11.0. The molecule has 1 aliphatic rings.